The second-order valence-corrected chi connectivity index (χ2v) is 4.19. The van der Waals surface area contributed by atoms with E-state index in [4.69, 9.17) is 16.7 Å². The van der Waals surface area contributed by atoms with Gasteiger partial charge in [0.05, 0.1) is 4.47 Å². The van der Waals surface area contributed by atoms with Gasteiger partial charge >= 0.3 is 0 Å². The van der Waals surface area contributed by atoms with Crippen molar-refractivity contribution in [2.24, 2.45) is 0 Å². The maximum atomic E-state index is 8.60. The van der Waals surface area contributed by atoms with Crippen LogP contribution in [0.15, 0.2) is 10.8 Å². The van der Waals surface area contributed by atoms with Crippen molar-refractivity contribution >= 4 is 33.3 Å². The molecule has 0 spiro atoms. The predicted molar refractivity (Wildman–Crippen MR) is 64.2 cm³/mol. The predicted octanol–water partition coefficient (Wildman–Crippen LogP) is 2.47. The number of aliphatic hydroxyl groups is 1. The minimum Gasteiger partial charge on any atom is -0.396 e. The van der Waals surface area contributed by atoms with Gasteiger partial charge in [-0.2, -0.15) is 0 Å². The van der Waals surface area contributed by atoms with Crippen LogP contribution < -0.4 is 5.32 Å². The number of aromatic nitrogens is 2. The molecule has 6 heteroatoms. The molecule has 1 rings (SSSR count). The van der Waals surface area contributed by atoms with Gasteiger partial charge in [-0.05, 0) is 35.2 Å². The van der Waals surface area contributed by atoms with Crippen molar-refractivity contribution in [3.63, 3.8) is 0 Å². The Balaban J connectivity index is 2.34. The molecule has 0 fully saturated rings. The monoisotopic (exact) mass is 293 g/mol. The summed E-state index contributed by atoms with van der Waals surface area (Å²) in [5.41, 5.74) is 0. The van der Waals surface area contributed by atoms with E-state index in [9.17, 15) is 0 Å². The summed E-state index contributed by atoms with van der Waals surface area (Å²) in [5, 5.41) is 12.2. The molecule has 0 aliphatic heterocycles. The van der Waals surface area contributed by atoms with E-state index in [-0.39, 0.29) is 6.61 Å². The van der Waals surface area contributed by atoms with Crippen LogP contribution in [0, 0.1) is 0 Å². The smallest absolute Gasteiger partial charge is 0.148 e. The van der Waals surface area contributed by atoms with Crippen LogP contribution >= 0.6 is 27.5 Å². The van der Waals surface area contributed by atoms with Crippen LogP contribution in [0.1, 0.15) is 19.3 Å². The third kappa shape index (κ3) is 4.32. The quantitative estimate of drug-likeness (QED) is 0.625. The fourth-order valence-corrected chi connectivity index (χ4v) is 1.57. The van der Waals surface area contributed by atoms with Gasteiger partial charge in [0.25, 0.3) is 0 Å². The van der Waals surface area contributed by atoms with Crippen molar-refractivity contribution in [1.82, 2.24) is 9.97 Å². The first kappa shape index (κ1) is 12.7. The first-order chi connectivity index (χ1) is 7.25. The molecular formula is C9H13BrClN3O. The molecule has 1 heterocycles. The molecule has 2 N–H and O–H groups in total. The summed E-state index contributed by atoms with van der Waals surface area (Å²) in [7, 11) is 0. The topological polar surface area (TPSA) is 58.0 Å². The van der Waals surface area contributed by atoms with Gasteiger partial charge < -0.3 is 10.4 Å². The van der Waals surface area contributed by atoms with Crippen molar-refractivity contribution in [3.05, 3.63) is 16.0 Å². The van der Waals surface area contributed by atoms with Gasteiger partial charge in [0.1, 0.15) is 17.3 Å². The Bertz CT molecular complexity index is 311. The highest BCUT2D eigenvalue weighted by Gasteiger charge is 2.05. The summed E-state index contributed by atoms with van der Waals surface area (Å²) in [6.07, 6.45) is 4.26. The molecule has 0 radical (unpaired) electrons. The van der Waals surface area contributed by atoms with Crippen LogP contribution in [0.25, 0.3) is 0 Å². The summed E-state index contributed by atoms with van der Waals surface area (Å²) < 4.78 is 0.689. The summed E-state index contributed by atoms with van der Waals surface area (Å²) in [6, 6.07) is 0. The molecule has 0 saturated heterocycles. The van der Waals surface area contributed by atoms with Crippen LogP contribution in [0.5, 0.6) is 0 Å². The molecule has 1 aromatic rings. The first-order valence-corrected chi connectivity index (χ1v) is 5.93. The summed E-state index contributed by atoms with van der Waals surface area (Å²) in [4.78, 5) is 7.89. The van der Waals surface area contributed by atoms with Gasteiger partial charge in [-0.3, -0.25) is 0 Å². The van der Waals surface area contributed by atoms with E-state index in [0.717, 1.165) is 25.8 Å². The van der Waals surface area contributed by atoms with E-state index in [1.165, 1.54) is 6.33 Å². The van der Waals surface area contributed by atoms with Gasteiger partial charge in [-0.15, -0.1) is 0 Å². The number of aliphatic hydroxyl groups excluding tert-OH is 1. The fourth-order valence-electron chi connectivity index (χ4n) is 1.09. The van der Waals surface area contributed by atoms with E-state index in [0.29, 0.717) is 15.4 Å². The number of nitrogens with zero attached hydrogens (tertiary/aromatic N) is 2. The number of unbranched alkanes of at least 4 members (excludes halogenated alkanes) is 2. The van der Waals surface area contributed by atoms with Gasteiger partial charge in [-0.1, -0.05) is 11.6 Å². The molecule has 0 saturated carbocycles. The number of anilines is 1. The normalized spacial score (nSPS) is 10.3. The molecule has 0 atom stereocenters. The highest BCUT2D eigenvalue weighted by molar-refractivity contribution is 9.10. The number of hydrogen-bond acceptors (Lipinski definition) is 4. The van der Waals surface area contributed by atoms with Crippen molar-refractivity contribution in [1.29, 1.82) is 0 Å². The SMILES string of the molecule is OCCCCCNc1ncnc(Cl)c1Br. The lowest BCUT2D eigenvalue weighted by molar-refractivity contribution is 0.283. The van der Waals surface area contributed by atoms with Crippen LogP contribution in [-0.4, -0.2) is 28.2 Å². The molecule has 0 unspecified atom stereocenters. The highest BCUT2D eigenvalue weighted by atomic mass is 79.9. The summed E-state index contributed by atoms with van der Waals surface area (Å²) in [5.74, 6) is 0.707. The molecule has 0 bridgehead atoms. The minimum atomic E-state index is 0.253. The number of halogens is 2. The lowest BCUT2D eigenvalue weighted by atomic mass is 10.2. The van der Waals surface area contributed by atoms with Gasteiger partial charge in [0.2, 0.25) is 0 Å². The van der Waals surface area contributed by atoms with Gasteiger partial charge in [0, 0.05) is 13.2 Å². The average molecular weight is 295 g/mol. The third-order valence-electron chi connectivity index (χ3n) is 1.87. The lowest BCUT2D eigenvalue weighted by Gasteiger charge is -2.07. The number of rotatable bonds is 6. The second kappa shape index (κ2) is 6.98. The maximum absolute atomic E-state index is 8.60. The average Bonchev–Trinajstić information content (AvgIpc) is 2.24. The molecule has 0 aromatic carbocycles. The minimum absolute atomic E-state index is 0.253. The maximum Gasteiger partial charge on any atom is 0.148 e. The zero-order chi connectivity index (χ0) is 11.1. The second-order valence-electron chi connectivity index (χ2n) is 3.04. The van der Waals surface area contributed by atoms with E-state index in [1.807, 2.05) is 0 Å². The molecule has 0 amide bonds. The largest absolute Gasteiger partial charge is 0.396 e. The Morgan fingerprint density at radius 2 is 2.13 bits per heavy atom. The standard InChI is InChI=1S/C9H13BrClN3O/c10-7-8(11)13-6-14-9(7)12-4-2-1-3-5-15/h6,15H,1-5H2,(H,12,13,14). The molecule has 15 heavy (non-hydrogen) atoms. The molecule has 84 valence electrons. The Hall–Kier alpha value is -0.390. The molecule has 0 aliphatic rings. The molecular weight excluding hydrogens is 281 g/mol. The Morgan fingerprint density at radius 3 is 2.87 bits per heavy atom. The summed E-state index contributed by atoms with van der Waals surface area (Å²) in [6.45, 7) is 1.06. The molecule has 1 aromatic heterocycles. The Kier molecular flexibility index (Phi) is 5.90. The first-order valence-electron chi connectivity index (χ1n) is 4.76. The highest BCUT2D eigenvalue weighted by Crippen LogP contribution is 2.25. The van der Waals surface area contributed by atoms with Gasteiger partial charge in [-0.25, -0.2) is 9.97 Å². The van der Waals surface area contributed by atoms with Crippen molar-refractivity contribution in [3.8, 4) is 0 Å². The Labute approximate surface area is 102 Å². The third-order valence-corrected chi connectivity index (χ3v) is 3.14. The van der Waals surface area contributed by atoms with Crippen molar-refractivity contribution < 1.29 is 5.11 Å². The summed E-state index contributed by atoms with van der Waals surface area (Å²) >= 11 is 9.11. The zero-order valence-corrected chi connectivity index (χ0v) is 10.6. The van der Waals surface area contributed by atoms with Gasteiger partial charge in [0.15, 0.2) is 0 Å². The van der Waals surface area contributed by atoms with E-state index in [1.54, 1.807) is 0 Å². The number of hydrogen-bond donors (Lipinski definition) is 2. The van der Waals surface area contributed by atoms with Crippen LogP contribution in [0.3, 0.4) is 0 Å². The molecule has 0 aliphatic carbocycles. The fraction of sp³-hybridized carbons (Fsp3) is 0.556. The Morgan fingerprint density at radius 1 is 1.33 bits per heavy atom. The van der Waals surface area contributed by atoms with Crippen molar-refractivity contribution in [2.75, 3.05) is 18.5 Å². The van der Waals surface area contributed by atoms with E-state index in [2.05, 4.69) is 31.2 Å². The lowest BCUT2D eigenvalue weighted by Crippen LogP contribution is -2.04. The number of nitrogens with one attached hydrogen (secondary N) is 1. The molecule has 4 nitrogen and oxygen atoms in total. The van der Waals surface area contributed by atoms with E-state index >= 15 is 0 Å². The van der Waals surface area contributed by atoms with Crippen LogP contribution in [-0.2, 0) is 0 Å². The van der Waals surface area contributed by atoms with Crippen LogP contribution in [0.4, 0.5) is 5.82 Å². The zero-order valence-electron chi connectivity index (χ0n) is 8.21. The van der Waals surface area contributed by atoms with Crippen molar-refractivity contribution in [2.45, 2.75) is 19.3 Å². The van der Waals surface area contributed by atoms with Crippen LogP contribution in [0.2, 0.25) is 5.15 Å². The van der Waals surface area contributed by atoms with E-state index < -0.39 is 0 Å².